The van der Waals surface area contributed by atoms with E-state index in [-0.39, 0.29) is 18.3 Å². The van der Waals surface area contributed by atoms with Crippen molar-refractivity contribution in [1.29, 1.82) is 0 Å². The van der Waals surface area contributed by atoms with E-state index in [1.807, 2.05) is 5.38 Å². The maximum absolute atomic E-state index is 11.4. The average molecular weight is 342 g/mol. The maximum atomic E-state index is 11.4. The average Bonchev–Trinajstić information content (AvgIpc) is 2.68. The van der Waals surface area contributed by atoms with Crippen LogP contribution in [-0.4, -0.2) is 19.0 Å². The van der Waals surface area contributed by atoms with Crippen molar-refractivity contribution in [3.8, 4) is 0 Å². The van der Waals surface area contributed by atoms with Gasteiger partial charge in [-0.25, -0.2) is 0 Å². The van der Waals surface area contributed by atoms with Crippen molar-refractivity contribution in [2.75, 3.05) is 13.1 Å². The second-order valence-electron chi connectivity index (χ2n) is 3.58. The smallest absolute Gasteiger partial charge is 0.220 e. The summed E-state index contributed by atoms with van der Waals surface area (Å²) < 4.78 is 1.09. The minimum atomic E-state index is 0. The molecule has 0 fully saturated rings. The van der Waals surface area contributed by atoms with E-state index < -0.39 is 0 Å². The molecule has 1 aromatic rings. The summed E-state index contributed by atoms with van der Waals surface area (Å²) in [5.74, 6) is 0.126. The Kier molecular flexibility index (Phi) is 9.82. The number of amides is 1. The molecular formula is C11H18BrClN2OS. The Balaban J connectivity index is 0.00000256. The molecule has 1 aromatic heterocycles. The van der Waals surface area contributed by atoms with Gasteiger partial charge in [-0.05, 0) is 47.8 Å². The van der Waals surface area contributed by atoms with Gasteiger partial charge in [0.25, 0.3) is 0 Å². The summed E-state index contributed by atoms with van der Waals surface area (Å²) in [5, 5.41) is 4.93. The molecule has 0 aliphatic carbocycles. The van der Waals surface area contributed by atoms with Gasteiger partial charge in [-0.3, -0.25) is 4.79 Å². The van der Waals surface area contributed by atoms with E-state index in [0.717, 1.165) is 30.3 Å². The van der Waals surface area contributed by atoms with Crippen molar-refractivity contribution in [2.24, 2.45) is 5.73 Å². The van der Waals surface area contributed by atoms with Crippen LogP contribution in [0.4, 0.5) is 0 Å². The summed E-state index contributed by atoms with van der Waals surface area (Å²) in [6.45, 7) is 1.43. The zero-order chi connectivity index (χ0) is 11.8. The highest BCUT2D eigenvalue weighted by atomic mass is 79.9. The van der Waals surface area contributed by atoms with E-state index in [0.29, 0.717) is 13.0 Å². The lowest BCUT2D eigenvalue weighted by molar-refractivity contribution is -0.121. The van der Waals surface area contributed by atoms with Crippen molar-refractivity contribution in [1.82, 2.24) is 5.32 Å². The van der Waals surface area contributed by atoms with Crippen LogP contribution in [0, 0.1) is 0 Å². The van der Waals surface area contributed by atoms with Crippen molar-refractivity contribution >= 4 is 45.6 Å². The molecule has 6 heteroatoms. The zero-order valence-electron chi connectivity index (χ0n) is 9.58. The van der Waals surface area contributed by atoms with Gasteiger partial charge in [-0.1, -0.05) is 0 Å². The summed E-state index contributed by atoms with van der Waals surface area (Å²) >= 11 is 5.08. The lowest BCUT2D eigenvalue weighted by Gasteiger charge is -2.03. The summed E-state index contributed by atoms with van der Waals surface area (Å²) in [6, 6.07) is 2.06. The number of halogens is 2. The van der Waals surface area contributed by atoms with Crippen LogP contribution in [0.3, 0.4) is 0 Å². The van der Waals surface area contributed by atoms with Gasteiger partial charge in [0.15, 0.2) is 0 Å². The largest absolute Gasteiger partial charge is 0.356 e. The van der Waals surface area contributed by atoms with Crippen molar-refractivity contribution in [3.05, 3.63) is 20.8 Å². The molecule has 3 nitrogen and oxygen atoms in total. The number of hydrogen-bond acceptors (Lipinski definition) is 3. The Morgan fingerprint density at radius 2 is 2.24 bits per heavy atom. The highest BCUT2D eigenvalue weighted by molar-refractivity contribution is 9.10. The van der Waals surface area contributed by atoms with Crippen molar-refractivity contribution < 1.29 is 4.79 Å². The van der Waals surface area contributed by atoms with Crippen LogP contribution in [0.1, 0.15) is 24.1 Å². The van der Waals surface area contributed by atoms with E-state index in [1.54, 1.807) is 11.3 Å². The Labute approximate surface area is 121 Å². The Morgan fingerprint density at radius 3 is 2.82 bits per heavy atom. The quantitative estimate of drug-likeness (QED) is 0.749. The SMILES string of the molecule is Cl.NCCCCNC(=O)CCc1cc(Br)cs1. The molecule has 0 aromatic carbocycles. The van der Waals surface area contributed by atoms with Gasteiger partial charge in [0.1, 0.15) is 0 Å². The minimum absolute atomic E-state index is 0. The van der Waals surface area contributed by atoms with Gasteiger partial charge in [-0.2, -0.15) is 0 Å². The highest BCUT2D eigenvalue weighted by Gasteiger charge is 2.03. The number of nitrogens with two attached hydrogens (primary N) is 1. The van der Waals surface area contributed by atoms with Gasteiger partial charge >= 0.3 is 0 Å². The van der Waals surface area contributed by atoms with Gasteiger partial charge < -0.3 is 11.1 Å². The van der Waals surface area contributed by atoms with Gasteiger partial charge in [0, 0.05) is 27.7 Å². The predicted molar refractivity (Wildman–Crippen MR) is 78.9 cm³/mol. The number of carbonyl (C=O) groups excluding carboxylic acids is 1. The van der Waals surface area contributed by atoms with Crippen LogP contribution in [0.15, 0.2) is 15.9 Å². The summed E-state index contributed by atoms with van der Waals surface area (Å²) in [4.78, 5) is 12.7. The van der Waals surface area contributed by atoms with Crippen LogP contribution in [0.2, 0.25) is 0 Å². The number of thiophene rings is 1. The topological polar surface area (TPSA) is 55.1 Å². The van der Waals surface area contributed by atoms with Crippen LogP contribution in [0.25, 0.3) is 0 Å². The molecule has 0 bridgehead atoms. The lowest BCUT2D eigenvalue weighted by Crippen LogP contribution is -2.24. The first-order valence-corrected chi connectivity index (χ1v) is 7.09. The van der Waals surface area contributed by atoms with Crippen LogP contribution >= 0.6 is 39.7 Å². The first-order chi connectivity index (χ1) is 7.72. The van der Waals surface area contributed by atoms with Gasteiger partial charge in [0.05, 0.1) is 0 Å². The summed E-state index contributed by atoms with van der Waals surface area (Å²) in [7, 11) is 0. The van der Waals surface area contributed by atoms with E-state index >= 15 is 0 Å². The fraction of sp³-hybridized carbons (Fsp3) is 0.545. The van der Waals surface area contributed by atoms with Crippen molar-refractivity contribution in [3.63, 3.8) is 0 Å². The van der Waals surface area contributed by atoms with Gasteiger partial charge in [-0.15, -0.1) is 23.7 Å². The van der Waals surface area contributed by atoms with Crippen LogP contribution in [0.5, 0.6) is 0 Å². The Morgan fingerprint density at radius 1 is 1.47 bits per heavy atom. The van der Waals surface area contributed by atoms with Crippen LogP contribution < -0.4 is 11.1 Å². The second-order valence-corrected chi connectivity index (χ2v) is 5.49. The molecular weight excluding hydrogens is 324 g/mol. The predicted octanol–water partition coefficient (Wildman–Crippen LogP) is 2.72. The van der Waals surface area contributed by atoms with Crippen LogP contribution in [-0.2, 0) is 11.2 Å². The maximum Gasteiger partial charge on any atom is 0.220 e. The molecule has 1 heterocycles. The van der Waals surface area contributed by atoms with Gasteiger partial charge in [0.2, 0.25) is 5.91 Å². The number of nitrogens with one attached hydrogen (secondary N) is 1. The number of aryl methyl sites for hydroxylation is 1. The fourth-order valence-corrected chi connectivity index (χ4v) is 2.76. The number of carbonyl (C=O) groups is 1. The molecule has 0 saturated heterocycles. The minimum Gasteiger partial charge on any atom is -0.356 e. The normalized spacial score (nSPS) is 9.76. The molecule has 17 heavy (non-hydrogen) atoms. The van der Waals surface area contributed by atoms with E-state index in [2.05, 4.69) is 27.3 Å². The van der Waals surface area contributed by atoms with E-state index in [4.69, 9.17) is 5.73 Å². The Hall–Kier alpha value is -0.100. The summed E-state index contributed by atoms with van der Waals surface area (Å²) in [5.41, 5.74) is 5.37. The zero-order valence-corrected chi connectivity index (χ0v) is 12.8. The number of hydrogen-bond donors (Lipinski definition) is 2. The molecule has 0 spiro atoms. The number of rotatable bonds is 7. The molecule has 98 valence electrons. The summed E-state index contributed by atoms with van der Waals surface area (Å²) in [6.07, 6.45) is 3.32. The molecule has 1 amide bonds. The lowest BCUT2D eigenvalue weighted by atomic mass is 10.2. The molecule has 0 atom stereocenters. The first kappa shape index (κ1) is 16.9. The standard InChI is InChI=1S/C11H17BrN2OS.ClH/c12-9-7-10(16-8-9)3-4-11(15)14-6-2-1-5-13;/h7-8H,1-6,13H2,(H,14,15);1H. The van der Waals surface area contributed by atoms with E-state index in [1.165, 1.54) is 4.88 Å². The molecule has 0 saturated carbocycles. The Bertz CT molecular complexity index is 333. The molecule has 1 rings (SSSR count). The van der Waals surface area contributed by atoms with Crippen molar-refractivity contribution in [2.45, 2.75) is 25.7 Å². The van der Waals surface area contributed by atoms with E-state index in [9.17, 15) is 4.79 Å². The highest BCUT2D eigenvalue weighted by Crippen LogP contribution is 2.20. The third kappa shape index (κ3) is 7.76. The third-order valence-electron chi connectivity index (χ3n) is 2.17. The third-order valence-corrected chi connectivity index (χ3v) is 3.93. The number of unbranched alkanes of at least 4 members (excludes halogenated alkanes) is 1. The molecule has 0 unspecified atom stereocenters. The fourth-order valence-electron chi connectivity index (χ4n) is 1.31. The monoisotopic (exact) mass is 340 g/mol. The first-order valence-electron chi connectivity index (χ1n) is 5.42. The molecule has 0 aliphatic rings. The molecule has 3 N–H and O–H groups in total. The molecule has 0 radical (unpaired) electrons. The second kappa shape index (κ2) is 9.88. The molecule has 0 aliphatic heterocycles.